The van der Waals surface area contributed by atoms with Crippen LogP contribution in [0.3, 0.4) is 0 Å². The Balaban J connectivity index is 2.42. The molecule has 3 heteroatoms. The van der Waals surface area contributed by atoms with Gasteiger partial charge in [0.15, 0.2) is 5.43 Å². The minimum atomic E-state index is -0.974. The largest absolute Gasteiger partial charge is 0.384 e. The van der Waals surface area contributed by atoms with Crippen LogP contribution in [-0.2, 0) is 0 Å². The molecule has 3 nitrogen and oxygen atoms in total. The van der Waals surface area contributed by atoms with Gasteiger partial charge in [0.2, 0.25) is 0 Å². The molecular formula is C15H11NO2. The zero-order valence-corrected chi connectivity index (χ0v) is 9.58. The lowest BCUT2D eigenvalue weighted by atomic mass is 10.0. The standard InChI is InChI=1S/C15H11NO2/c16-10-11-6-8-12(9-7-11)15(18)13-4-2-1-3-5-14(13)17/h1-9,15,18H. The molecule has 0 aliphatic rings. The van der Waals surface area contributed by atoms with Crippen LogP contribution in [0, 0.1) is 11.3 Å². The molecule has 0 radical (unpaired) electrons. The highest BCUT2D eigenvalue weighted by molar-refractivity contribution is 5.35. The van der Waals surface area contributed by atoms with E-state index in [0.29, 0.717) is 16.7 Å². The highest BCUT2D eigenvalue weighted by atomic mass is 16.3. The Morgan fingerprint density at radius 2 is 1.67 bits per heavy atom. The average molecular weight is 237 g/mol. The van der Waals surface area contributed by atoms with Crippen LogP contribution in [0.25, 0.3) is 0 Å². The zero-order chi connectivity index (χ0) is 13.0. The van der Waals surface area contributed by atoms with Gasteiger partial charge < -0.3 is 5.11 Å². The predicted octanol–water partition coefficient (Wildman–Crippen LogP) is 2.00. The van der Waals surface area contributed by atoms with Crippen LogP contribution in [0.15, 0.2) is 59.4 Å². The molecule has 2 aromatic carbocycles. The summed E-state index contributed by atoms with van der Waals surface area (Å²) in [6.07, 6.45) is -0.974. The van der Waals surface area contributed by atoms with Crippen LogP contribution in [0.1, 0.15) is 22.8 Å². The number of nitrogens with zero attached hydrogens (tertiary/aromatic N) is 1. The Morgan fingerprint density at radius 3 is 2.33 bits per heavy atom. The lowest BCUT2D eigenvalue weighted by molar-refractivity contribution is 0.219. The SMILES string of the molecule is N#Cc1ccc(C(O)c2cccccc2=O)cc1. The lowest BCUT2D eigenvalue weighted by Crippen LogP contribution is -2.10. The van der Waals surface area contributed by atoms with Crippen molar-refractivity contribution in [1.82, 2.24) is 0 Å². The topological polar surface area (TPSA) is 61.1 Å². The summed E-state index contributed by atoms with van der Waals surface area (Å²) in [6.45, 7) is 0. The van der Waals surface area contributed by atoms with Gasteiger partial charge in [0.25, 0.3) is 0 Å². The van der Waals surface area contributed by atoms with Crippen LogP contribution in [0.4, 0.5) is 0 Å². The van der Waals surface area contributed by atoms with Gasteiger partial charge in [-0.1, -0.05) is 36.4 Å². The normalized spacial score (nSPS) is 11.6. The van der Waals surface area contributed by atoms with Crippen molar-refractivity contribution >= 4 is 0 Å². The number of rotatable bonds is 2. The molecule has 0 bridgehead atoms. The first kappa shape index (κ1) is 12.0. The van der Waals surface area contributed by atoms with Crippen molar-refractivity contribution in [2.75, 3.05) is 0 Å². The molecular weight excluding hydrogens is 226 g/mol. The number of nitriles is 1. The molecule has 18 heavy (non-hydrogen) atoms. The highest BCUT2D eigenvalue weighted by Gasteiger charge is 2.12. The van der Waals surface area contributed by atoms with Gasteiger partial charge in [0.05, 0.1) is 11.6 Å². The lowest BCUT2D eigenvalue weighted by Gasteiger charge is -2.09. The van der Waals surface area contributed by atoms with Crippen molar-refractivity contribution < 1.29 is 5.11 Å². The van der Waals surface area contributed by atoms with Crippen LogP contribution >= 0.6 is 0 Å². The zero-order valence-electron chi connectivity index (χ0n) is 9.58. The first-order valence-electron chi connectivity index (χ1n) is 5.50. The smallest absolute Gasteiger partial charge is 0.184 e. The average Bonchev–Trinajstić information content (AvgIpc) is 2.63. The third kappa shape index (κ3) is 2.45. The fraction of sp³-hybridized carbons (Fsp3) is 0.0667. The van der Waals surface area contributed by atoms with Crippen LogP contribution in [0.5, 0.6) is 0 Å². The van der Waals surface area contributed by atoms with E-state index in [2.05, 4.69) is 0 Å². The molecule has 0 amide bonds. The van der Waals surface area contributed by atoms with E-state index in [0.717, 1.165) is 0 Å². The van der Waals surface area contributed by atoms with E-state index in [1.807, 2.05) is 6.07 Å². The molecule has 0 fully saturated rings. The number of hydrogen-bond acceptors (Lipinski definition) is 3. The van der Waals surface area contributed by atoms with Crippen molar-refractivity contribution in [3.05, 3.63) is 81.5 Å². The molecule has 1 N–H and O–H groups in total. The van der Waals surface area contributed by atoms with Gasteiger partial charge in [-0.3, -0.25) is 4.79 Å². The second-order valence-corrected chi connectivity index (χ2v) is 3.87. The van der Waals surface area contributed by atoms with Gasteiger partial charge in [0.1, 0.15) is 6.10 Å². The molecule has 2 rings (SSSR count). The van der Waals surface area contributed by atoms with E-state index in [-0.39, 0.29) is 5.43 Å². The minimum absolute atomic E-state index is 0.211. The Labute approximate surface area is 105 Å². The summed E-state index contributed by atoms with van der Waals surface area (Å²) in [4.78, 5) is 11.7. The Hall–Kier alpha value is -2.44. The van der Waals surface area contributed by atoms with Gasteiger partial charge in [-0.25, -0.2) is 0 Å². The van der Waals surface area contributed by atoms with E-state index in [1.165, 1.54) is 6.07 Å². The van der Waals surface area contributed by atoms with Crippen molar-refractivity contribution in [2.45, 2.75) is 6.10 Å². The summed E-state index contributed by atoms with van der Waals surface area (Å²) >= 11 is 0. The van der Waals surface area contributed by atoms with E-state index in [9.17, 15) is 9.90 Å². The molecule has 88 valence electrons. The van der Waals surface area contributed by atoms with Crippen LogP contribution in [0.2, 0.25) is 0 Å². The maximum absolute atomic E-state index is 11.7. The predicted molar refractivity (Wildman–Crippen MR) is 67.9 cm³/mol. The quantitative estimate of drug-likeness (QED) is 0.869. The molecule has 1 unspecified atom stereocenters. The highest BCUT2D eigenvalue weighted by Crippen LogP contribution is 2.19. The van der Waals surface area contributed by atoms with E-state index in [1.54, 1.807) is 48.5 Å². The van der Waals surface area contributed by atoms with E-state index < -0.39 is 6.10 Å². The van der Waals surface area contributed by atoms with E-state index >= 15 is 0 Å². The molecule has 0 aromatic heterocycles. The summed E-state index contributed by atoms with van der Waals surface area (Å²) < 4.78 is 0. The first-order chi connectivity index (χ1) is 8.72. The van der Waals surface area contributed by atoms with Gasteiger partial charge in [-0.15, -0.1) is 0 Å². The van der Waals surface area contributed by atoms with Gasteiger partial charge in [-0.05, 0) is 23.8 Å². The number of benzene rings is 1. The summed E-state index contributed by atoms with van der Waals surface area (Å²) in [6, 6.07) is 16.6. The number of aliphatic hydroxyl groups is 1. The monoisotopic (exact) mass is 237 g/mol. The molecule has 0 saturated carbocycles. The number of aliphatic hydroxyl groups excluding tert-OH is 1. The fourth-order valence-electron chi connectivity index (χ4n) is 1.69. The Bertz CT molecular complexity index is 642. The van der Waals surface area contributed by atoms with Crippen LogP contribution in [-0.4, -0.2) is 5.11 Å². The minimum Gasteiger partial charge on any atom is -0.384 e. The van der Waals surface area contributed by atoms with Crippen molar-refractivity contribution in [2.24, 2.45) is 0 Å². The van der Waals surface area contributed by atoms with Crippen molar-refractivity contribution in [1.29, 1.82) is 5.26 Å². The third-order valence-electron chi connectivity index (χ3n) is 2.68. The fourth-order valence-corrected chi connectivity index (χ4v) is 1.69. The molecule has 0 aliphatic carbocycles. The first-order valence-corrected chi connectivity index (χ1v) is 5.50. The van der Waals surface area contributed by atoms with Crippen LogP contribution < -0.4 is 5.43 Å². The van der Waals surface area contributed by atoms with Gasteiger partial charge in [0, 0.05) is 5.56 Å². The molecule has 0 saturated heterocycles. The van der Waals surface area contributed by atoms with Gasteiger partial charge >= 0.3 is 0 Å². The van der Waals surface area contributed by atoms with Gasteiger partial charge in [-0.2, -0.15) is 5.26 Å². The summed E-state index contributed by atoms with van der Waals surface area (Å²) in [5.74, 6) is 0. The Kier molecular flexibility index (Phi) is 3.52. The molecule has 0 aliphatic heterocycles. The summed E-state index contributed by atoms with van der Waals surface area (Å²) in [5, 5.41) is 18.9. The Morgan fingerprint density at radius 1 is 1.00 bits per heavy atom. The number of hydrogen-bond donors (Lipinski definition) is 1. The van der Waals surface area contributed by atoms with E-state index in [4.69, 9.17) is 5.26 Å². The second-order valence-electron chi connectivity index (χ2n) is 3.87. The third-order valence-corrected chi connectivity index (χ3v) is 2.68. The van der Waals surface area contributed by atoms with Crippen molar-refractivity contribution in [3.63, 3.8) is 0 Å². The maximum atomic E-state index is 11.7. The summed E-state index contributed by atoms with van der Waals surface area (Å²) in [5.41, 5.74) is 1.23. The van der Waals surface area contributed by atoms with Crippen molar-refractivity contribution in [3.8, 4) is 6.07 Å². The molecule has 0 spiro atoms. The molecule has 1 atom stereocenters. The second kappa shape index (κ2) is 5.26. The maximum Gasteiger partial charge on any atom is 0.184 e. The molecule has 2 aromatic rings. The summed E-state index contributed by atoms with van der Waals surface area (Å²) in [7, 11) is 0. The molecule has 0 heterocycles.